The Morgan fingerprint density at radius 3 is 2.92 bits per heavy atom. The van der Waals surface area contributed by atoms with Gasteiger partial charge in [-0.25, -0.2) is 4.39 Å². The molecule has 0 radical (unpaired) electrons. The number of carbonyl (C=O) groups excluding carboxylic acids is 2. The van der Waals surface area contributed by atoms with E-state index in [1.165, 1.54) is 25.3 Å². The fourth-order valence-electron chi connectivity index (χ4n) is 2.70. The molecule has 1 unspecified atom stereocenters. The van der Waals surface area contributed by atoms with E-state index in [1.807, 2.05) is 0 Å². The number of hydrogen-bond donors (Lipinski definition) is 2. The van der Waals surface area contributed by atoms with E-state index in [0.717, 1.165) is 25.5 Å². The molecule has 3 rings (SSSR count). The summed E-state index contributed by atoms with van der Waals surface area (Å²) in [4.78, 5) is 23.4. The van der Waals surface area contributed by atoms with Crippen LogP contribution in [0.3, 0.4) is 0 Å². The third kappa shape index (κ3) is 4.42. The topological polar surface area (TPSA) is 85.3 Å². The first kappa shape index (κ1) is 17.1. The quantitative estimate of drug-likeness (QED) is 0.871. The van der Waals surface area contributed by atoms with E-state index in [2.05, 4.69) is 15.7 Å². The summed E-state index contributed by atoms with van der Waals surface area (Å²) in [5.41, 5.74) is 0.665. The monoisotopic (exact) mass is 346 g/mol. The van der Waals surface area contributed by atoms with Crippen molar-refractivity contribution in [1.29, 1.82) is 0 Å². The molecule has 2 aromatic rings. The number of ether oxygens (including phenoxy) is 1. The van der Waals surface area contributed by atoms with Crippen molar-refractivity contribution in [2.75, 3.05) is 17.2 Å². The fraction of sp³-hybridized carbons (Fsp3) is 0.353. The number of aromatic nitrogens is 2. The highest BCUT2D eigenvalue weighted by Gasteiger charge is 2.17. The molecule has 0 aliphatic carbocycles. The summed E-state index contributed by atoms with van der Waals surface area (Å²) in [6.45, 7) is 2.72. The van der Waals surface area contributed by atoms with Crippen molar-refractivity contribution in [2.24, 2.45) is 0 Å². The molecule has 2 amide bonds. The largest absolute Gasteiger partial charge is 0.376 e. The Kier molecular flexibility index (Phi) is 5.08. The standard InChI is InChI=1S/C17H19FN4O3/c1-11(23)20-12-4-5-16(18)15(7-12)17(24)21-13-8-19-22(9-13)10-14-3-2-6-25-14/h4-5,7-9,14H,2-3,6,10H2,1H3,(H,20,23)(H,21,24). The zero-order valence-electron chi connectivity index (χ0n) is 13.8. The van der Waals surface area contributed by atoms with Gasteiger partial charge in [-0.3, -0.25) is 14.3 Å². The summed E-state index contributed by atoms with van der Waals surface area (Å²) in [5, 5.41) is 9.31. The number of hydrogen-bond acceptors (Lipinski definition) is 4. The number of halogens is 1. The van der Waals surface area contributed by atoms with E-state index >= 15 is 0 Å². The average molecular weight is 346 g/mol. The second kappa shape index (κ2) is 7.43. The third-order valence-corrected chi connectivity index (χ3v) is 3.84. The van der Waals surface area contributed by atoms with Crippen LogP contribution in [0.2, 0.25) is 0 Å². The molecule has 1 aromatic heterocycles. The fourth-order valence-corrected chi connectivity index (χ4v) is 2.70. The molecule has 1 saturated heterocycles. The minimum Gasteiger partial charge on any atom is -0.376 e. The highest BCUT2D eigenvalue weighted by atomic mass is 19.1. The van der Waals surface area contributed by atoms with Gasteiger partial charge in [-0.2, -0.15) is 5.10 Å². The van der Waals surface area contributed by atoms with Crippen LogP contribution < -0.4 is 10.6 Å². The highest BCUT2D eigenvalue weighted by Crippen LogP contribution is 2.18. The number of amides is 2. The number of benzene rings is 1. The van der Waals surface area contributed by atoms with Gasteiger partial charge in [-0.1, -0.05) is 0 Å². The van der Waals surface area contributed by atoms with Crippen LogP contribution in [-0.4, -0.2) is 34.3 Å². The van der Waals surface area contributed by atoms with Crippen LogP contribution in [0.5, 0.6) is 0 Å². The van der Waals surface area contributed by atoms with E-state index < -0.39 is 11.7 Å². The Labute approximate surface area is 144 Å². The number of carbonyl (C=O) groups is 2. The smallest absolute Gasteiger partial charge is 0.258 e. The van der Waals surface area contributed by atoms with Crippen molar-refractivity contribution in [3.8, 4) is 0 Å². The van der Waals surface area contributed by atoms with Gasteiger partial charge in [-0.15, -0.1) is 0 Å². The van der Waals surface area contributed by atoms with Gasteiger partial charge in [0.2, 0.25) is 5.91 Å². The highest BCUT2D eigenvalue weighted by molar-refractivity contribution is 6.05. The average Bonchev–Trinajstić information content (AvgIpc) is 3.21. The lowest BCUT2D eigenvalue weighted by Gasteiger charge is -2.09. The molecule has 132 valence electrons. The molecular formula is C17H19FN4O3. The van der Waals surface area contributed by atoms with E-state index in [4.69, 9.17) is 4.74 Å². The van der Waals surface area contributed by atoms with E-state index in [-0.39, 0.29) is 17.6 Å². The summed E-state index contributed by atoms with van der Waals surface area (Å²) < 4.78 is 21.2. The van der Waals surface area contributed by atoms with Crippen LogP contribution in [-0.2, 0) is 16.1 Å². The van der Waals surface area contributed by atoms with E-state index in [1.54, 1.807) is 10.9 Å². The number of anilines is 2. The molecule has 7 nitrogen and oxygen atoms in total. The van der Waals surface area contributed by atoms with E-state index in [0.29, 0.717) is 17.9 Å². The Morgan fingerprint density at radius 2 is 2.20 bits per heavy atom. The van der Waals surface area contributed by atoms with Crippen molar-refractivity contribution in [2.45, 2.75) is 32.4 Å². The maximum absolute atomic E-state index is 13.9. The van der Waals surface area contributed by atoms with E-state index in [9.17, 15) is 14.0 Å². The van der Waals surface area contributed by atoms with Crippen molar-refractivity contribution < 1.29 is 18.7 Å². The molecule has 1 aliphatic heterocycles. The second-order valence-electron chi connectivity index (χ2n) is 5.92. The summed E-state index contributed by atoms with van der Waals surface area (Å²) >= 11 is 0. The Bertz CT molecular complexity index is 784. The predicted molar refractivity (Wildman–Crippen MR) is 89.9 cm³/mol. The molecule has 1 atom stereocenters. The normalized spacial score (nSPS) is 16.6. The predicted octanol–water partition coefficient (Wildman–Crippen LogP) is 2.41. The molecular weight excluding hydrogens is 327 g/mol. The van der Waals surface area contributed by atoms with Gasteiger partial charge in [0.1, 0.15) is 5.82 Å². The summed E-state index contributed by atoms with van der Waals surface area (Å²) in [7, 11) is 0. The van der Waals surface area contributed by atoms with Crippen molar-refractivity contribution in [3.63, 3.8) is 0 Å². The Balaban J connectivity index is 1.67. The minimum atomic E-state index is -0.668. The first-order valence-electron chi connectivity index (χ1n) is 8.04. The van der Waals surface area contributed by atoms with Crippen LogP contribution in [0.1, 0.15) is 30.1 Å². The molecule has 0 saturated carbocycles. The lowest BCUT2D eigenvalue weighted by molar-refractivity contribution is -0.114. The van der Waals surface area contributed by atoms with Gasteiger partial charge in [-0.05, 0) is 31.0 Å². The first-order valence-corrected chi connectivity index (χ1v) is 8.04. The van der Waals surface area contributed by atoms with Crippen LogP contribution in [0.4, 0.5) is 15.8 Å². The molecule has 1 aromatic carbocycles. The van der Waals surface area contributed by atoms with Crippen LogP contribution in [0, 0.1) is 5.82 Å². The maximum Gasteiger partial charge on any atom is 0.258 e. The number of rotatable bonds is 5. The van der Waals surface area contributed by atoms with Crippen LogP contribution >= 0.6 is 0 Å². The SMILES string of the molecule is CC(=O)Nc1ccc(F)c(C(=O)Nc2cnn(CC3CCCO3)c2)c1. The van der Waals surface area contributed by atoms with Gasteiger partial charge in [0.25, 0.3) is 5.91 Å². The maximum atomic E-state index is 13.9. The molecule has 0 bridgehead atoms. The van der Waals surface area contributed by atoms with Crippen LogP contribution in [0.15, 0.2) is 30.6 Å². The van der Waals surface area contributed by atoms with Gasteiger partial charge in [0.15, 0.2) is 0 Å². The molecule has 8 heteroatoms. The van der Waals surface area contributed by atoms with Crippen molar-refractivity contribution >= 4 is 23.2 Å². The zero-order valence-corrected chi connectivity index (χ0v) is 13.8. The summed E-state index contributed by atoms with van der Waals surface area (Å²) in [6.07, 6.45) is 5.34. The lowest BCUT2D eigenvalue weighted by atomic mass is 10.1. The Hall–Kier alpha value is -2.74. The third-order valence-electron chi connectivity index (χ3n) is 3.84. The summed E-state index contributed by atoms with van der Waals surface area (Å²) in [6, 6.07) is 3.83. The van der Waals surface area contributed by atoms with Gasteiger partial charge >= 0.3 is 0 Å². The molecule has 2 N–H and O–H groups in total. The van der Waals surface area contributed by atoms with Crippen molar-refractivity contribution in [3.05, 3.63) is 42.0 Å². The molecule has 25 heavy (non-hydrogen) atoms. The second-order valence-corrected chi connectivity index (χ2v) is 5.92. The van der Waals surface area contributed by atoms with Gasteiger partial charge < -0.3 is 15.4 Å². The Morgan fingerprint density at radius 1 is 1.36 bits per heavy atom. The molecule has 1 fully saturated rings. The van der Waals surface area contributed by atoms with Crippen molar-refractivity contribution in [1.82, 2.24) is 9.78 Å². The summed E-state index contributed by atoms with van der Waals surface area (Å²) in [5.74, 6) is -1.58. The molecule has 0 spiro atoms. The zero-order chi connectivity index (χ0) is 17.8. The number of nitrogens with one attached hydrogen (secondary N) is 2. The number of nitrogens with zero attached hydrogens (tertiary/aromatic N) is 2. The first-order chi connectivity index (χ1) is 12.0. The van der Waals surface area contributed by atoms with Gasteiger partial charge in [0.05, 0.1) is 30.1 Å². The molecule has 1 aliphatic rings. The minimum absolute atomic E-state index is 0.134. The van der Waals surface area contributed by atoms with Gasteiger partial charge in [0, 0.05) is 25.4 Å². The van der Waals surface area contributed by atoms with Crippen LogP contribution in [0.25, 0.3) is 0 Å². The lowest BCUT2D eigenvalue weighted by Crippen LogP contribution is -2.16. The molecule has 2 heterocycles.